The summed E-state index contributed by atoms with van der Waals surface area (Å²) in [6.45, 7) is 3.74. The van der Waals surface area contributed by atoms with Crippen molar-refractivity contribution in [3.63, 3.8) is 0 Å². The number of guanidine groups is 1. The van der Waals surface area contributed by atoms with Crippen molar-refractivity contribution in [3.8, 4) is 0 Å². The molecule has 0 saturated heterocycles. The van der Waals surface area contributed by atoms with E-state index in [1.165, 1.54) is 7.11 Å². The van der Waals surface area contributed by atoms with Gasteiger partial charge in [-0.25, -0.2) is 4.99 Å². The molecule has 0 heterocycles. The number of esters is 1. The number of alkyl halides is 3. The maximum Gasteiger partial charge on any atom is 0.411 e. The average molecular weight is 389 g/mol. The predicted molar refractivity (Wildman–Crippen MR) is 96.2 cm³/mol. The summed E-state index contributed by atoms with van der Waals surface area (Å²) >= 11 is 0. The van der Waals surface area contributed by atoms with E-state index in [4.69, 9.17) is 0 Å². The Morgan fingerprint density at radius 1 is 1.19 bits per heavy atom. The second-order valence-corrected chi connectivity index (χ2v) is 5.92. The summed E-state index contributed by atoms with van der Waals surface area (Å²) in [5, 5.41) is 6.15. The fraction of sp³-hybridized carbons (Fsp3) is 0.556. The molecule has 0 aromatic heterocycles. The molecule has 9 heteroatoms. The molecule has 152 valence electrons. The van der Waals surface area contributed by atoms with Crippen LogP contribution in [0.15, 0.2) is 29.3 Å². The number of hydrogen-bond donors (Lipinski definition) is 2. The topological polar surface area (TPSA) is 72.0 Å². The monoisotopic (exact) mass is 389 g/mol. The van der Waals surface area contributed by atoms with Gasteiger partial charge < -0.3 is 20.1 Å². The molecule has 0 bridgehead atoms. The molecule has 0 amide bonds. The summed E-state index contributed by atoms with van der Waals surface area (Å²) in [5.74, 6) is -0.0534. The normalized spacial score (nSPS) is 13.2. The number of hydrogen-bond acceptors (Lipinski definition) is 4. The number of nitrogens with one attached hydrogen (secondary N) is 2. The van der Waals surface area contributed by atoms with E-state index in [1.54, 1.807) is 31.2 Å². The fourth-order valence-corrected chi connectivity index (χ4v) is 2.07. The van der Waals surface area contributed by atoms with Crippen LogP contribution in [0.3, 0.4) is 0 Å². The highest BCUT2D eigenvalue weighted by molar-refractivity contribution is 5.80. The van der Waals surface area contributed by atoms with Crippen LogP contribution in [-0.2, 0) is 27.4 Å². The Kier molecular flexibility index (Phi) is 9.63. The van der Waals surface area contributed by atoms with Crippen molar-refractivity contribution in [3.05, 3.63) is 35.4 Å². The molecule has 0 aliphatic carbocycles. The van der Waals surface area contributed by atoms with Gasteiger partial charge in [0.1, 0.15) is 6.61 Å². The average Bonchev–Trinajstić information content (AvgIpc) is 2.63. The first-order valence-electron chi connectivity index (χ1n) is 8.57. The van der Waals surface area contributed by atoms with Gasteiger partial charge in [-0.05, 0) is 18.1 Å². The minimum absolute atomic E-state index is 0.0985. The van der Waals surface area contributed by atoms with E-state index in [2.05, 4.69) is 25.1 Å². The number of carbonyl (C=O) groups excluding carboxylic acids is 1. The number of halogens is 3. The summed E-state index contributed by atoms with van der Waals surface area (Å²) in [7, 11) is 1.34. The highest BCUT2D eigenvalue weighted by atomic mass is 19.4. The molecule has 1 rings (SSSR count). The molecule has 0 aliphatic heterocycles. The Bertz CT molecular complexity index is 604. The van der Waals surface area contributed by atoms with E-state index in [0.29, 0.717) is 31.2 Å². The van der Waals surface area contributed by atoms with Crippen LogP contribution in [0.25, 0.3) is 0 Å². The lowest BCUT2D eigenvalue weighted by Gasteiger charge is -2.14. The molecule has 27 heavy (non-hydrogen) atoms. The molecule has 0 radical (unpaired) electrons. The molecule has 0 aliphatic rings. The van der Waals surface area contributed by atoms with Gasteiger partial charge in [-0.15, -0.1) is 0 Å². The third kappa shape index (κ3) is 9.83. The quantitative estimate of drug-likeness (QED) is 0.386. The Balaban J connectivity index is 2.54. The van der Waals surface area contributed by atoms with Crippen molar-refractivity contribution in [2.75, 3.05) is 26.8 Å². The molecular weight excluding hydrogens is 363 g/mol. The van der Waals surface area contributed by atoms with Gasteiger partial charge in [-0.1, -0.05) is 31.2 Å². The zero-order valence-corrected chi connectivity index (χ0v) is 15.7. The molecular formula is C18H26F3N3O3. The van der Waals surface area contributed by atoms with E-state index in [0.717, 1.165) is 5.56 Å². The molecule has 0 saturated carbocycles. The second kappa shape index (κ2) is 11.4. The zero-order valence-electron chi connectivity index (χ0n) is 15.7. The SMILES string of the molecule is CCNC(=NCc1ccc(COCC(F)(F)F)cc1)NCC(C)C(=O)OC. The third-order valence-corrected chi connectivity index (χ3v) is 3.50. The van der Waals surface area contributed by atoms with Crippen LogP contribution in [0.1, 0.15) is 25.0 Å². The minimum atomic E-state index is -4.32. The Labute approximate surface area is 157 Å². The molecule has 1 aromatic rings. The van der Waals surface area contributed by atoms with Gasteiger partial charge in [-0.2, -0.15) is 13.2 Å². The first-order valence-corrected chi connectivity index (χ1v) is 8.57. The van der Waals surface area contributed by atoms with E-state index in [1.807, 2.05) is 6.92 Å². The Hall–Kier alpha value is -2.29. The van der Waals surface area contributed by atoms with Gasteiger partial charge in [0.2, 0.25) is 0 Å². The van der Waals surface area contributed by atoms with Crippen molar-refractivity contribution < 1.29 is 27.4 Å². The molecule has 1 atom stereocenters. The smallest absolute Gasteiger partial charge is 0.411 e. The highest BCUT2D eigenvalue weighted by Crippen LogP contribution is 2.16. The number of rotatable bonds is 9. The van der Waals surface area contributed by atoms with E-state index >= 15 is 0 Å². The lowest BCUT2D eigenvalue weighted by molar-refractivity contribution is -0.176. The first-order chi connectivity index (χ1) is 12.7. The summed E-state index contributed by atoms with van der Waals surface area (Å²) < 4.78 is 45.5. The number of aliphatic imine (C=N–C) groups is 1. The molecule has 6 nitrogen and oxygen atoms in total. The van der Waals surface area contributed by atoms with Crippen LogP contribution in [0, 0.1) is 5.92 Å². The largest absolute Gasteiger partial charge is 0.469 e. The molecule has 1 unspecified atom stereocenters. The van der Waals surface area contributed by atoms with Gasteiger partial charge in [0.25, 0.3) is 0 Å². The van der Waals surface area contributed by atoms with Crippen molar-refractivity contribution in [2.45, 2.75) is 33.2 Å². The Morgan fingerprint density at radius 2 is 1.81 bits per heavy atom. The lowest BCUT2D eigenvalue weighted by atomic mass is 10.1. The number of carbonyl (C=O) groups is 1. The van der Waals surface area contributed by atoms with Crippen LogP contribution in [0.5, 0.6) is 0 Å². The van der Waals surface area contributed by atoms with Crippen LogP contribution >= 0.6 is 0 Å². The van der Waals surface area contributed by atoms with Crippen LogP contribution in [0.4, 0.5) is 13.2 Å². The number of benzene rings is 1. The summed E-state index contributed by atoms with van der Waals surface area (Å²) in [6, 6.07) is 6.99. The van der Waals surface area contributed by atoms with Crippen molar-refractivity contribution in [2.24, 2.45) is 10.9 Å². The fourth-order valence-electron chi connectivity index (χ4n) is 2.07. The van der Waals surface area contributed by atoms with Crippen LogP contribution < -0.4 is 10.6 Å². The predicted octanol–water partition coefficient (Wildman–Crippen LogP) is 2.63. The highest BCUT2D eigenvalue weighted by Gasteiger charge is 2.27. The molecule has 1 aromatic carbocycles. The molecule has 0 spiro atoms. The maximum atomic E-state index is 12.1. The van der Waals surface area contributed by atoms with Gasteiger partial charge in [0.05, 0.1) is 26.2 Å². The molecule has 0 fully saturated rings. The molecule has 2 N–H and O–H groups in total. The number of nitrogens with zero attached hydrogens (tertiary/aromatic N) is 1. The third-order valence-electron chi connectivity index (χ3n) is 3.50. The second-order valence-electron chi connectivity index (χ2n) is 5.92. The lowest BCUT2D eigenvalue weighted by Crippen LogP contribution is -2.40. The van der Waals surface area contributed by atoms with E-state index in [9.17, 15) is 18.0 Å². The Morgan fingerprint density at radius 3 is 2.37 bits per heavy atom. The van der Waals surface area contributed by atoms with E-state index < -0.39 is 12.8 Å². The standard InChI is InChI=1S/C18H26F3N3O3/c1-4-22-17(23-9-13(2)16(25)26-3)24-10-14-5-7-15(8-6-14)11-27-12-18(19,20)21/h5-8,13H,4,9-12H2,1-3H3,(H2,22,23,24). The van der Waals surface area contributed by atoms with Crippen molar-refractivity contribution in [1.82, 2.24) is 10.6 Å². The summed E-state index contributed by atoms with van der Waals surface area (Å²) in [4.78, 5) is 15.9. The number of ether oxygens (including phenoxy) is 2. The minimum Gasteiger partial charge on any atom is -0.469 e. The van der Waals surface area contributed by atoms with Gasteiger partial charge in [0, 0.05) is 13.1 Å². The number of methoxy groups -OCH3 is 1. The maximum absolute atomic E-state index is 12.1. The van der Waals surface area contributed by atoms with Crippen molar-refractivity contribution >= 4 is 11.9 Å². The van der Waals surface area contributed by atoms with E-state index in [-0.39, 0.29) is 18.5 Å². The van der Waals surface area contributed by atoms with Crippen LogP contribution in [-0.4, -0.2) is 44.9 Å². The zero-order chi connectivity index (χ0) is 20.3. The summed E-state index contributed by atoms with van der Waals surface area (Å²) in [5.41, 5.74) is 1.55. The van der Waals surface area contributed by atoms with Gasteiger partial charge >= 0.3 is 12.1 Å². The van der Waals surface area contributed by atoms with Crippen molar-refractivity contribution in [1.29, 1.82) is 0 Å². The van der Waals surface area contributed by atoms with Crippen LogP contribution in [0.2, 0.25) is 0 Å². The van der Waals surface area contributed by atoms with Gasteiger partial charge in [-0.3, -0.25) is 4.79 Å². The summed E-state index contributed by atoms with van der Waals surface area (Å²) in [6.07, 6.45) is -4.32. The van der Waals surface area contributed by atoms with Gasteiger partial charge in [0.15, 0.2) is 5.96 Å². The first kappa shape index (κ1) is 22.8.